The van der Waals surface area contributed by atoms with Gasteiger partial charge in [-0.3, -0.25) is 14.5 Å². The number of anilines is 1. The van der Waals surface area contributed by atoms with Gasteiger partial charge >= 0.3 is 11.6 Å². The number of carbonyl (C=O) groups excluding carboxylic acids is 2. The normalized spacial score (nSPS) is 18.7. The highest BCUT2D eigenvalue weighted by molar-refractivity contribution is 5.98. The van der Waals surface area contributed by atoms with Crippen LogP contribution in [0.2, 0.25) is 0 Å². The number of piperidine rings is 1. The first-order chi connectivity index (χ1) is 16.0. The SMILES string of the molecule is CCCOc1ccc2oc(=O)c3c(c2c1)CCCN3C(=O)CN1CCC[C@@H](C(=O)OCC)C1. The smallest absolute Gasteiger partial charge is 0.360 e. The Morgan fingerprint density at radius 2 is 2.03 bits per heavy atom. The molecule has 0 N–H and O–H groups in total. The molecule has 2 aliphatic heterocycles. The summed E-state index contributed by atoms with van der Waals surface area (Å²) < 4.78 is 16.5. The zero-order valence-corrected chi connectivity index (χ0v) is 19.4. The standard InChI is InChI=1S/C25H32N2O6/c1-3-13-32-18-9-10-21-20(14-18)19-8-6-12-27(23(19)25(30)33-21)22(28)16-26-11-5-7-17(15-26)24(29)31-4-2/h9-10,14,17H,3-8,11-13,15-16H2,1-2H3/t17-/m1/s1. The number of fused-ring (bicyclic) bond motifs is 3. The highest BCUT2D eigenvalue weighted by Gasteiger charge is 2.32. The fraction of sp³-hybridized carbons (Fsp3) is 0.560. The van der Waals surface area contributed by atoms with Crippen LogP contribution in [0, 0.1) is 5.92 Å². The number of rotatable bonds is 7. The number of amides is 1. The fourth-order valence-corrected chi connectivity index (χ4v) is 4.77. The second-order valence-corrected chi connectivity index (χ2v) is 8.70. The number of nitrogens with zero attached hydrogens (tertiary/aromatic N) is 2. The topological polar surface area (TPSA) is 89.3 Å². The van der Waals surface area contributed by atoms with E-state index in [0.717, 1.165) is 48.9 Å². The molecule has 1 fully saturated rings. The fourth-order valence-electron chi connectivity index (χ4n) is 4.77. The lowest BCUT2D eigenvalue weighted by Gasteiger charge is -2.34. The third-order valence-corrected chi connectivity index (χ3v) is 6.29. The van der Waals surface area contributed by atoms with Crippen molar-refractivity contribution in [3.63, 3.8) is 0 Å². The van der Waals surface area contributed by atoms with Gasteiger partial charge in [0, 0.05) is 18.5 Å². The number of likely N-dealkylation sites (tertiary alicyclic amines) is 1. The van der Waals surface area contributed by atoms with Crippen molar-refractivity contribution in [3.8, 4) is 5.75 Å². The minimum absolute atomic E-state index is 0.148. The molecule has 2 aromatic rings. The zero-order valence-electron chi connectivity index (χ0n) is 19.4. The van der Waals surface area contributed by atoms with Crippen molar-refractivity contribution in [1.29, 1.82) is 0 Å². The van der Waals surface area contributed by atoms with E-state index in [1.807, 2.05) is 17.9 Å². The Morgan fingerprint density at radius 3 is 2.82 bits per heavy atom. The van der Waals surface area contributed by atoms with Gasteiger partial charge in [-0.15, -0.1) is 0 Å². The van der Waals surface area contributed by atoms with E-state index in [2.05, 4.69) is 0 Å². The van der Waals surface area contributed by atoms with E-state index < -0.39 is 5.63 Å². The number of benzene rings is 1. The summed E-state index contributed by atoms with van der Waals surface area (Å²) in [5.74, 6) is 0.162. The molecule has 33 heavy (non-hydrogen) atoms. The van der Waals surface area contributed by atoms with Crippen LogP contribution in [0.1, 0.15) is 45.1 Å². The number of hydrogen-bond donors (Lipinski definition) is 0. The van der Waals surface area contributed by atoms with Crippen molar-refractivity contribution < 1.29 is 23.5 Å². The Morgan fingerprint density at radius 1 is 1.18 bits per heavy atom. The van der Waals surface area contributed by atoms with Crippen LogP contribution in [-0.4, -0.2) is 56.2 Å². The predicted octanol–water partition coefficient (Wildman–Crippen LogP) is 3.14. The highest BCUT2D eigenvalue weighted by Crippen LogP contribution is 2.33. The summed E-state index contributed by atoms with van der Waals surface area (Å²) in [6.07, 6.45) is 3.97. The molecular formula is C25H32N2O6. The molecule has 178 valence electrons. The lowest BCUT2D eigenvalue weighted by molar-refractivity contribution is -0.150. The molecule has 2 aliphatic rings. The highest BCUT2D eigenvalue weighted by atomic mass is 16.5. The van der Waals surface area contributed by atoms with Crippen LogP contribution in [0.3, 0.4) is 0 Å². The van der Waals surface area contributed by atoms with Crippen molar-refractivity contribution in [3.05, 3.63) is 34.2 Å². The van der Waals surface area contributed by atoms with Crippen molar-refractivity contribution in [2.24, 2.45) is 5.92 Å². The first-order valence-electron chi connectivity index (χ1n) is 11.9. The number of aryl methyl sites for hydroxylation is 1. The molecule has 1 amide bonds. The van der Waals surface area contributed by atoms with Crippen LogP contribution in [0.4, 0.5) is 5.69 Å². The third kappa shape index (κ3) is 5.05. The lowest BCUT2D eigenvalue weighted by atomic mass is 9.97. The van der Waals surface area contributed by atoms with Crippen LogP contribution < -0.4 is 15.3 Å². The molecule has 1 saturated heterocycles. The van der Waals surface area contributed by atoms with Gasteiger partial charge in [0.15, 0.2) is 0 Å². The van der Waals surface area contributed by atoms with Crippen LogP contribution in [0.25, 0.3) is 11.0 Å². The van der Waals surface area contributed by atoms with Gasteiger partial charge in [-0.05, 0) is 69.3 Å². The Hall–Kier alpha value is -2.87. The van der Waals surface area contributed by atoms with Gasteiger partial charge < -0.3 is 18.8 Å². The number of esters is 1. The lowest BCUT2D eigenvalue weighted by Crippen LogP contribution is -2.48. The zero-order chi connectivity index (χ0) is 23.4. The predicted molar refractivity (Wildman–Crippen MR) is 125 cm³/mol. The molecule has 0 spiro atoms. The summed E-state index contributed by atoms with van der Waals surface area (Å²) in [6.45, 7) is 6.68. The van der Waals surface area contributed by atoms with E-state index in [1.54, 1.807) is 24.0 Å². The summed E-state index contributed by atoms with van der Waals surface area (Å²) >= 11 is 0. The van der Waals surface area contributed by atoms with E-state index in [0.29, 0.717) is 44.0 Å². The maximum Gasteiger partial charge on any atom is 0.360 e. The molecule has 0 radical (unpaired) electrons. The Labute approximate surface area is 193 Å². The Balaban J connectivity index is 1.57. The quantitative estimate of drug-likeness (QED) is 0.467. The Bertz CT molecular complexity index is 1080. The van der Waals surface area contributed by atoms with Gasteiger partial charge in [-0.25, -0.2) is 4.79 Å². The van der Waals surface area contributed by atoms with E-state index >= 15 is 0 Å². The second kappa shape index (κ2) is 10.4. The number of hydrogen-bond acceptors (Lipinski definition) is 7. The molecule has 1 aromatic heterocycles. The average molecular weight is 457 g/mol. The summed E-state index contributed by atoms with van der Waals surface area (Å²) in [7, 11) is 0. The van der Waals surface area contributed by atoms with Gasteiger partial charge in [-0.2, -0.15) is 0 Å². The van der Waals surface area contributed by atoms with Gasteiger partial charge in [0.05, 0.1) is 25.7 Å². The minimum atomic E-state index is -0.490. The third-order valence-electron chi connectivity index (χ3n) is 6.29. The average Bonchev–Trinajstić information content (AvgIpc) is 2.83. The molecule has 0 saturated carbocycles. The van der Waals surface area contributed by atoms with Gasteiger partial charge in [0.1, 0.15) is 17.0 Å². The van der Waals surface area contributed by atoms with Gasteiger partial charge in [0.25, 0.3) is 0 Å². The summed E-state index contributed by atoms with van der Waals surface area (Å²) in [5, 5.41) is 0.816. The first-order valence-corrected chi connectivity index (χ1v) is 11.9. The van der Waals surface area contributed by atoms with Crippen molar-refractivity contribution in [2.75, 3.05) is 44.3 Å². The molecule has 3 heterocycles. The molecular weight excluding hydrogens is 424 g/mol. The van der Waals surface area contributed by atoms with E-state index in [1.165, 1.54) is 0 Å². The first kappa shape index (κ1) is 23.3. The second-order valence-electron chi connectivity index (χ2n) is 8.70. The molecule has 1 aromatic carbocycles. The molecule has 8 heteroatoms. The summed E-state index contributed by atoms with van der Waals surface area (Å²) in [4.78, 5) is 41.9. The maximum atomic E-state index is 13.3. The van der Waals surface area contributed by atoms with Crippen molar-refractivity contribution in [1.82, 2.24) is 4.90 Å². The minimum Gasteiger partial charge on any atom is -0.494 e. The van der Waals surface area contributed by atoms with E-state index in [-0.39, 0.29) is 24.3 Å². The maximum absolute atomic E-state index is 13.3. The van der Waals surface area contributed by atoms with Crippen LogP contribution in [0.5, 0.6) is 5.75 Å². The van der Waals surface area contributed by atoms with Crippen molar-refractivity contribution in [2.45, 2.75) is 46.0 Å². The van der Waals surface area contributed by atoms with Crippen molar-refractivity contribution >= 4 is 28.5 Å². The van der Waals surface area contributed by atoms with Crippen LogP contribution in [0.15, 0.2) is 27.4 Å². The van der Waals surface area contributed by atoms with E-state index in [9.17, 15) is 14.4 Å². The number of carbonyl (C=O) groups is 2. The molecule has 8 nitrogen and oxygen atoms in total. The van der Waals surface area contributed by atoms with Gasteiger partial charge in [-0.1, -0.05) is 6.92 Å². The monoisotopic (exact) mass is 456 g/mol. The van der Waals surface area contributed by atoms with Crippen LogP contribution >= 0.6 is 0 Å². The molecule has 0 bridgehead atoms. The molecule has 0 unspecified atom stereocenters. The van der Waals surface area contributed by atoms with Crippen LogP contribution in [-0.2, 0) is 20.7 Å². The summed E-state index contributed by atoms with van der Waals surface area (Å²) in [6, 6.07) is 5.46. The summed E-state index contributed by atoms with van der Waals surface area (Å²) in [5.41, 5.74) is 1.19. The van der Waals surface area contributed by atoms with Gasteiger partial charge in [0.2, 0.25) is 5.91 Å². The van der Waals surface area contributed by atoms with E-state index in [4.69, 9.17) is 13.9 Å². The molecule has 0 aliphatic carbocycles. The number of ether oxygens (including phenoxy) is 2. The molecule has 1 atom stereocenters. The largest absolute Gasteiger partial charge is 0.494 e. The molecule has 4 rings (SSSR count). The Kier molecular flexibility index (Phi) is 7.33.